The van der Waals surface area contributed by atoms with Crippen LogP contribution in [0.4, 0.5) is 0 Å². The van der Waals surface area contributed by atoms with Crippen molar-refractivity contribution in [3.8, 4) is 5.75 Å². The van der Waals surface area contributed by atoms with Crippen LogP contribution in [-0.4, -0.2) is 13.7 Å². The van der Waals surface area contributed by atoms with E-state index in [-0.39, 0.29) is 0 Å². The van der Waals surface area contributed by atoms with Crippen molar-refractivity contribution in [2.45, 2.75) is 52.0 Å². The van der Waals surface area contributed by atoms with E-state index < -0.39 is 0 Å². The highest BCUT2D eigenvalue weighted by atomic mass is 16.5. The SMILES string of the molecule is CCCNC(c1ccccc1OC)C1CCCC(C)C1. The summed E-state index contributed by atoms with van der Waals surface area (Å²) in [4.78, 5) is 0. The minimum absolute atomic E-state index is 0.439. The van der Waals surface area contributed by atoms with Crippen molar-refractivity contribution in [2.24, 2.45) is 11.8 Å². The lowest BCUT2D eigenvalue weighted by atomic mass is 9.76. The van der Waals surface area contributed by atoms with Crippen LogP contribution in [0.25, 0.3) is 0 Å². The van der Waals surface area contributed by atoms with Gasteiger partial charge in [-0.2, -0.15) is 0 Å². The first-order chi connectivity index (χ1) is 9.76. The van der Waals surface area contributed by atoms with Crippen LogP contribution in [0.15, 0.2) is 24.3 Å². The summed E-state index contributed by atoms with van der Waals surface area (Å²) in [5.41, 5.74) is 1.34. The maximum absolute atomic E-state index is 5.58. The Morgan fingerprint density at radius 2 is 2.10 bits per heavy atom. The molecule has 2 rings (SSSR count). The van der Waals surface area contributed by atoms with Crippen molar-refractivity contribution in [1.82, 2.24) is 5.32 Å². The molecule has 0 bridgehead atoms. The number of hydrogen-bond donors (Lipinski definition) is 1. The Morgan fingerprint density at radius 1 is 1.30 bits per heavy atom. The second kappa shape index (κ2) is 7.68. The van der Waals surface area contributed by atoms with E-state index in [2.05, 4.69) is 43.4 Å². The van der Waals surface area contributed by atoms with Gasteiger partial charge in [-0.1, -0.05) is 44.9 Å². The van der Waals surface area contributed by atoms with Gasteiger partial charge in [-0.05, 0) is 43.7 Å². The van der Waals surface area contributed by atoms with Crippen LogP contribution < -0.4 is 10.1 Å². The molecule has 1 aromatic carbocycles. The smallest absolute Gasteiger partial charge is 0.123 e. The van der Waals surface area contributed by atoms with Gasteiger partial charge in [-0.25, -0.2) is 0 Å². The van der Waals surface area contributed by atoms with Gasteiger partial charge in [-0.3, -0.25) is 0 Å². The minimum atomic E-state index is 0.439. The van der Waals surface area contributed by atoms with Crippen LogP contribution in [-0.2, 0) is 0 Å². The van der Waals surface area contributed by atoms with Crippen molar-refractivity contribution in [2.75, 3.05) is 13.7 Å². The highest BCUT2D eigenvalue weighted by Crippen LogP contribution is 2.39. The Kier molecular flexibility index (Phi) is 5.90. The molecular weight excluding hydrogens is 246 g/mol. The van der Waals surface area contributed by atoms with Crippen LogP contribution >= 0.6 is 0 Å². The maximum atomic E-state index is 5.58. The third kappa shape index (κ3) is 3.76. The van der Waals surface area contributed by atoms with Gasteiger partial charge in [0.25, 0.3) is 0 Å². The van der Waals surface area contributed by atoms with Crippen molar-refractivity contribution < 1.29 is 4.74 Å². The maximum Gasteiger partial charge on any atom is 0.123 e. The topological polar surface area (TPSA) is 21.3 Å². The summed E-state index contributed by atoms with van der Waals surface area (Å²) in [6, 6.07) is 8.94. The summed E-state index contributed by atoms with van der Waals surface area (Å²) in [6.07, 6.45) is 6.60. The Labute approximate surface area is 123 Å². The van der Waals surface area contributed by atoms with Crippen molar-refractivity contribution in [3.05, 3.63) is 29.8 Å². The molecule has 0 radical (unpaired) electrons. The molecule has 0 heterocycles. The summed E-state index contributed by atoms with van der Waals surface area (Å²) >= 11 is 0. The molecule has 1 fully saturated rings. The van der Waals surface area contributed by atoms with E-state index in [4.69, 9.17) is 4.74 Å². The van der Waals surface area contributed by atoms with E-state index in [1.54, 1.807) is 7.11 Å². The Balaban J connectivity index is 2.21. The molecule has 0 saturated heterocycles. The van der Waals surface area contributed by atoms with Gasteiger partial charge in [0.15, 0.2) is 0 Å². The molecule has 0 aliphatic heterocycles. The minimum Gasteiger partial charge on any atom is -0.496 e. The van der Waals surface area contributed by atoms with E-state index in [1.165, 1.54) is 37.7 Å². The molecule has 0 aromatic heterocycles. The second-order valence-corrected chi connectivity index (χ2v) is 6.21. The molecule has 2 heteroatoms. The molecule has 1 aliphatic rings. The first-order valence-corrected chi connectivity index (χ1v) is 8.12. The van der Waals surface area contributed by atoms with E-state index in [1.807, 2.05) is 0 Å². The Bertz CT molecular complexity index is 404. The van der Waals surface area contributed by atoms with Crippen LogP contribution in [0, 0.1) is 11.8 Å². The van der Waals surface area contributed by atoms with Crippen LogP contribution in [0.3, 0.4) is 0 Å². The van der Waals surface area contributed by atoms with Gasteiger partial charge in [-0.15, -0.1) is 0 Å². The van der Waals surface area contributed by atoms with Gasteiger partial charge < -0.3 is 10.1 Å². The standard InChI is InChI=1S/C18H29NO/c1-4-12-19-18(15-9-7-8-14(2)13-15)16-10-5-6-11-17(16)20-3/h5-6,10-11,14-15,18-19H,4,7-9,12-13H2,1-3H3. The predicted molar refractivity (Wildman–Crippen MR) is 85.2 cm³/mol. The molecule has 112 valence electrons. The fourth-order valence-electron chi connectivity index (χ4n) is 3.54. The van der Waals surface area contributed by atoms with Crippen LogP contribution in [0.5, 0.6) is 5.75 Å². The zero-order valence-electron chi connectivity index (χ0n) is 13.2. The van der Waals surface area contributed by atoms with Crippen molar-refractivity contribution >= 4 is 0 Å². The van der Waals surface area contributed by atoms with E-state index in [0.29, 0.717) is 6.04 Å². The molecule has 20 heavy (non-hydrogen) atoms. The fourth-order valence-corrected chi connectivity index (χ4v) is 3.54. The van der Waals surface area contributed by atoms with Gasteiger partial charge in [0.05, 0.1) is 7.11 Å². The lowest BCUT2D eigenvalue weighted by molar-refractivity contribution is 0.220. The summed E-state index contributed by atoms with van der Waals surface area (Å²) in [7, 11) is 1.78. The van der Waals surface area contributed by atoms with E-state index >= 15 is 0 Å². The molecule has 1 N–H and O–H groups in total. The Morgan fingerprint density at radius 3 is 2.80 bits per heavy atom. The molecule has 3 atom stereocenters. The molecule has 3 unspecified atom stereocenters. The van der Waals surface area contributed by atoms with Gasteiger partial charge in [0, 0.05) is 11.6 Å². The van der Waals surface area contributed by atoms with Gasteiger partial charge >= 0.3 is 0 Å². The monoisotopic (exact) mass is 275 g/mol. The first kappa shape index (κ1) is 15.4. The van der Waals surface area contributed by atoms with Gasteiger partial charge in [0.2, 0.25) is 0 Å². The molecule has 1 aromatic rings. The molecule has 1 saturated carbocycles. The lowest BCUT2D eigenvalue weighted by Crippen LogP contribution is -2.32. The normalized spacial score (nSPS) is 24.4. The third-order valence-electron chi connectivity index (χ3n) is 4.54. The quantitative estimate of drug-likeness (QED) is 0.821. The number of hydrogen-bond acceptors (Lipinski definition) is 2. The summed E-state index contributed by atoms with van der Waals surface area (Å²) < 4.78 is 5.58. The molecule has 0 amide bonds. The highest BCUT2D eigenvalue weighted by Gasteiger charge is 2.29. The number of rotatable bonds is 6. The average molecular weight is 275 g/mol. The Hall–Kier alpha value is -1.02. The average Bonchev–Trinajstić information content (AvgIpc) is 2.48. The number of ether oxygens (including phenoxy) is 1. The molecule has 1 aliphatic carbocycles. The molecule has 2 nitrogen and oxygen atoms in total. The number of methoxy groups -OCH3 is 1. The van der Waals surface area contributed by atoms with E-state index in [0.717, 1.165) is 24.1 Å². The van der Waals surface area contributed by atoms with Crippen LogP contribution in [0.2, 0.25) is 0 Å². The van der Waals surface area contributed by atoms with Crippen LogP contribution in [0.1, 0.15) is 57.6 Å². The largest absolute Gasteiger partial charge is 0.496 e. The van der Waals surface area contributed by atoms with Crippen molar-refractivity contribution in [1.29, 1.82) is 0 Å². The van der Waals surface area contributed by atoms with E-state index in [9.17, 15) is 0 Å². The number of benzene rings is 1. The third-order valence-corrected chi connectivity index (χ3v) is 4.54. The summed E-state index contributed by atoms with van der Waals surface area (Å²) in [5.74, 6) is 2.62. The lowest BCUT2D eigenvalue weighted by Gasteiger charge is -2.34. The second-order valence-electron chi connectivity index (χ2n) is 6.21. The predicted octanol–water partition coefficient (Wildman–Crippen LogP) is 4.56. The zero-order valence-corrected chi connectivity index (χ0v) is 13.2. The van der Waals surface area contributed by atoms with Crippen molar-refractivity contribution in [3.63, 3.8) is 0 Å². The molecular formula is C18H29NO. The first-order valence-electron chi connectivity index (χ1n) is 8.12. The summed E-state index contributed by atoms with van der Waals surface area (Å²) in [6.45, 7) is 5.70. The fraction of sp³-hybridized carbons (Fsp3) is 0.667. The number of nitrogens with one attached hydrogen (secondary N) is 1. The van der Waals surface area contributed by atoms with Gasteiger partial charge in [0.1, 0.15) is 5.75 Å². The highest BCUT2D eigenvalue weighted by molar-refractivity contribution is 5.36. The number of para-hydroxylation sites is 1. The summed E-state index contributed by atoms with van der Waals surface area (Å²) in [5, 5.41) is 3.77. The molecule has 0 spiro atoms. The zero-order chi connectivity index (χ0) is 14.4.